The third kappa shape index (κ3) is 4.04. The lowest BCUT2D eigenvalue weighted by Crippen LogP contribution is -2.28. The van der Waals surface area contributed by atoms with Crippen LogP contribution in [0.25, 0.3) is 0 Å². The van der Waals surface area contributed by atoms with E-state index in [1.807, 2.05) is 0 Å². The van der Waals surface area contributed by atoms with Gasteiger partial charge in [-0.1, -0.05) is 13.0 Å². The van der Waals surface area contributed by atoms with E-state index in [2.05, 4.69) is 4.72 Å². The maximum absolute atomic E-state index is 13.4. The van der Waals surface area contributed by atoms with Crippen molar-refractivity contribution < 1.29 is 17.9 Å². The van der Waals surface area contributed by atoms with E-state index in [9.17, 15) is 17.9 Å². The minimum atomic E-state index is -3.85. The predicted molar refractivity (Wildman–Crippen MR) is 67.2 cm³/mol. The van der Waals surface area contributed by atoms with Crippen LogP contribution in [0.1, 0.15) is 25.3 Å². The van der Waals surface area contributed by atoms with Gasteiger partial charge in [-0.05, 0) is 37.5 Å². The third-order valence-electron chi connectivity index (χ3n) is 2.62. The summed E-state index contributed by atoms with van der Waals surface area (Å²) < 4.78 is 39.4. The fourth-order valence-corrected chi connectivity index (χ4v) is 2.67. The number of hydrogen-bond donors (Lipinski definition) is 2. The topological polar surface area (TPSA) is 66.4 Å². The molecule has 4 nitrogen and oxygen atoms in total. The molecule has 0 fully saturated rings. The molecule has 0 bridgehead atoms. The Morgan fingerprint density at radius 1 is 1.44 bits per heavy atom. The maximum Gasteiger partial charge on any atom is 0.243 e. The van der Waals surface area contributed by atoms with Gasteiger partial charge in [-0.15, -0.1) is 0 Å². The first-order valence-corrected chi connectivity index (χ1v) is 7.29. The van der Waals surface area contributed by atoms with Crippen LogP contribution in [0, 0.1) is 12.7 Å². The summed E-state index contributed by atoms with van der Waals surface area (Å²) in [5.41, 5.74) is 0.672. The molecule has 0 saturated carbocycles. The van der Waals surface area contributed by atoms with Crippen LogP contribution >= 0.6 is 0 Å². The van der Waals surface area contributed by atoms with Crippen LogP contribution in [0.4, 0.5) is 4.39 Å². The van der Waals surface area contributed by atoms with Crippen molar-refractivity contribution in [3.05, 3.63) is 29.6 Å². The largest absolute Gasteiger partial charge is 0.393 e. The molecule has 0 aliphatic rings. The molecule has 0 heterocycles. The van der Waals surface area contributed by atoms with Gasteiger partial charge in [0.1, 0.15) is 10.7 Å². The molecule has 1 aromatic carbocycles. The molecule has 1 aromatic rings. The summed E-state index contributed by atoms with van der Waals surface area (Å²) in [6.07, 6.45) is 0.319. The second kappa shape index (κ2) is 6.26. The zero-order valence-corrected chi connectivity index (χ0v) is 11.3. The van der Waals surface area contributed by atoms with Gasteiger partial charge < -0.3 is 5.11 Å². The molecule has 1 rings (SSSR count). The highest BCUT2D eigenvalue weighted by Gasteiger charge is 2.18. The minimum Gasteiger partial charge on any atom is -0.393 e. The third-order valence-corrected chi connectivity index (χ3v) is 4.09. The van der Waals surface area contributed by atoms with Crippen molar-refractivity contribution in [2.75, 3.05) is 6.54 Å². The van der Waals surface area contributed by atoms with Gasteiger partial charge in [0.15, 0.2) is 0 Å². The minimum absolute atomic E-state index is 0.0880. The zero-order chi connectivity index (χ0) is 13.8. The van der Waals surface area contributed by atoms with Gasteiger partial charge in [-0.25, -0.2) is 17.5 Å². The van der Waals surface area contributed by atoms with E-state index >= 15 is 0 Å². The second-order valence-electron chi connectivity index (χ2n) is 4.18. The monoisotopic (exact) mass is 275 g/mol. The SMILES string of the molecule is CCC(O)CCNS(=O)(=O)c1cc(C)ccc1F. The molecule has 0 aliphatic carbocycles. The summed E-state index contributed by atoms with van der Waals surface area (Å²) in [5, 5.41) is 9.32. The molecule has 0 radical (unpaired) electrons. The van der Waals surface area contributed by atoms with Crippen LogP contribution in [0.15, 0.2) is 23.1 Å². The Morgan fingerprint density at radius 2 is 2.11 bits per heavy atom. The lowest BCUT2D eigenvalue weighted by atomic mass is 10.2. The van der Waals surface area contributed by atoms with Crippen LogP contribution in [0.2, 0.25) is 0 Å². The summed E-state index contributed by atoms with van der Waals surface area (Å²) >= 11 is 0. The molecule has 0 spiro atoms. The molecular weight excluding hydrogens is 257 g/mol. The van der Waals surface area contributed by atoms with Crippen molar-refractivity contribution in [2.45, 2.75) is 37.7 Å². The van der Waals surface area contributed by atoms with Crippen molar-refractivity contribution in [2.24, 2.45) is 0 Å². The number of hydrogen-bond acceptors (Lipinski definition) is 3. The van der Waals surface area contributed by atoms with E-state index in [0.717, 1.165) is 6.07 Å². The maximum atomic E-state index is 13.4. The van der Waals surface area contributed by atoms with Crippen LogP contribution in [-0.2, 0) is 10.0 Å². The Labute approximate surface area is 107 Å². The number of benzene rings is 1. The summed E-state index contributed by atoms with van der Waals surface area (Å²) in [6.45, 7) is 3.59. The molecule has 1 atom stereocenters. The Bertz CT molecular complexity index is 502. The number of rotatable bonds is 6. The predicted octanol–water partition coefficient (Wildman–Crippen LogP) is 1.57. The molecule has 1 unspecified atom stereocenters. The fourth-order valence-electron chi connectivity index (χ4n) is 1.46. The second-order valence-corrected chi connectivity index (χ2v) is 5.92. The first-order valence-electron chi connectivity index (χ1n) is 5.80. The Hall–Kier alpha value is -0.980. The lowest BCUT2D eigenvalue weighted by Gasteiger charge is -2.10. The highest BCUT2D eigenvalue weighted by molar-refractivity contribution is 7.89. The normalized spacial score (nSPS) is 13.6. The zero-order valence-electron chi connectivity index (χ0n) is 10.5. The molecule has 18 heavy (non-hydrogen) atoms. The van der Waals surface area contributed by atoms with E-state index in [0.29, 0.717) is 18.4 Å². The van der Waals surface area contributed by atoms with E-state index in [4.69, 9.17) is 0 Å². The molecule has 102 valence electrons. The molecule has 0 saturated heterocycles. The first-order chi connectivity index (χ1) is 8.36. The number of nitrogens with one attached hydrogen (secondary N) is 1. The summed E-state index contributed by atoms with van der Waals surface area (Å²) in [7, 11) is -3.85. The quantitative estimate of drug-likeness (QED) is 0.828. The smallest absolute Gasteiger partial charge is 0.243 e. The lowest BCUT2D eigenvalue weighted by molar-refractivity contribution is 0.162. The average molecular weight is 275 g/mol. The molecule has 2 N–H and O–H groups in total. The van der Waals surface area contributed by atoms with E-state index in [1.54, 1.807) is 13.8 Å². The molecule has 0 amide bonds. The summed E-state index contributed by atoms with van der Waals surface area (Å²) in [5.74, 6) is -0.774. The average Bonchev–Trinajstić information content (AvgIpc) is 2.31. The van der Waals surface area contributed by atoms with Gasteiger partial charge in [0.25, 0.3) is 0 Å². The molecular formula is C12H18FNO3S. The van der Waals surface area contributed by atoms with E-state index in [-0.39, 0.29) is 11.4 Å². The number of aliphatic hydroxyl groups excluding tert-OH is 1. The van der Waals surface area contributed by atoms with Crippen molar-refractivity contribution >= 4 is 10.0 Å². The van der Waals surface area contributed by atoms with Gasteiger partial charge in [-0.3, -0.25) is 0 Å². The standard InChI is InChI=1S/C12H18FNO3S/c1-3-10(15)6-7-14-18(16,17)12-8-9(2)4-5-11(12)13/h4-5,8,10,14-15H,3,6-7H2,1-2H3. The van der Waals surface area contributed by atoms with E-state index in [1.165, 1.54) is 12.1 Å². The van der Waals surface area contributed by atoms with Gasteiger partial charge >= 0.3 is 0 Å². The number of aliphatic hydroxyl groups is 1. The van der Waals surface area contributed by atoms with Crippen LogP contribution in [0.3, 0.4) is 0 Å². The number of aryl methyl sites for hydroxylation is 1. The Kier molecular flexibility index (Phi) is 5.25. The van der Waals surface area contributed by atoms with Gasteiger partial charge in [0.2, 0.25) is 10.0 Å². The van der Waals surface area contributed by atoms with Gasteiger partial charge in [0, 0.05) is 6.54 Å². The van der Waals surface area contributed by atoms with Crippen molar-refractivity contribution in [3.63, 3.8) is 0 Å². The number of sulfonamides is 1. The van der Waals surface area contributed by atoms with Gasteiger partial charge in [-0.2, -0.15) is 0 Å². The van der Waals surface area contributed by atoms with Crippen LogP contribution in [0.5, 0.6) is 0 Å². The molecule has 0 aliphatic heterocycles. The van der Waals surface area contributed by atoms with Crippen molar-refractivity contribution in [1.82, 2.24) is 4.72 Å². The van der Waals surface area contributed by atoms with Crippen LogP contribution < -0.4 is 4.72 Å². The van der Waals surface area contributed by atoms with Crippen LogP contribution in [-0.4, -0.2) is 26.2 Å². The highest BCUT2D eigenvalue weighted by Crippen LogP contribution is 2.15. The van der Waals surface area contributed by atoms with Gasteiger partial charge in [0.05, 0.1) is 6.10 Å². The Balaban J connectivity index is 2.77. The first kappa shape index (κ1) is 15.1. The molecule has 0 aromatic heterocycles. The fraction of sp³-hybridized carbons (Fsp3) is 0.500. The summed E-state index contributed by atoms with van der Waals surface area (Å²) in [4.78, 5) is -0.353. The Morgan fingerprint density at radius 3 is 2.72 bits per heavy atom. The van der Waals surface area contributed by atoms with Crippen molar-refractivity contribution in [3.8, 4) is 0 Å². The van der Waals surface area contributed by atoms with E-state index < -0.39 is 21.9 Å². The number of halogens is 1. The summed E-state index contributed by atoms with van der Waals surface area (Å²) in [6, 6.07) is 3.92. The van der Waals surface area contributed by atoms with Crippen molar-refractivity contribution in [1.29, 1.82) is 0 Å². The highest BCUT2D eigenvalue weighted by atomic mass is 32.2. The molecule has 6 heteroatoms.